The zero-order chi connectivity index (χ0) is 19.2. The molecule has 0 fully saturated rings. The van der Waals surface area contributed by atoms with Crippen molar-refractivity contribution in [2.45, 2.75) is 12.8 Å². The predicted octanol–water partition coefficient (Wildman–Crippen LogP) is 4.19. The maximum Gasteiger partial charge on any atom is 0.224 e. The molecule has 0 saturated carbocycles. The molecule has 0 spiro atoms. The quantitative estimate of drug-likeness (QED) is 0.615. The highest BCUT2D eigenvalue weighted by Crippen LogP contribution is 2.26. The van der Waals surface area contributed by atoms with Crippen LogP contribution in [0.15, 0.2) is 59.3 Å². The van der Waals surface area contributed by atoms with Crippen LogP contribution in [0.4, 0.5) is 5.69 Å². The minimum absolute atomic E-state index is 0.115. The summed E-state index contributed by atoms with van der Waals surface area (Å²) in [6.07, 6.45) is 4.05. The van der Waals surface area contributed by atoms with Crippen molar-refractivity contribution in [1.29, 1.82) is 0 Å². The van der Waals surface area contributed by atoms with Gasteiger partial charge in [0.05, 0.1) is 29.7 Å². The van der Waals surface area contributed by atoms with Crippen LogP contribution < -0.4 is 10.1 Å². The van der Waals surface area contributed by atoms with Gasteiger partial charge in [-0.3, -0.25) is 4.79 Å². The van der Waals surface area contributed by atoms with Crippen molar-refractivity contribution in [3.05, 3.63) is 64.9 Å². The first-order valence-corrected chi connectivity index (χ1v) is 9.08. The van der Waals surface area contributed by atoms with Crippen LogP contribution in [0.2, 0.25) is 0 Å². The largest absolute Gasteiger partial charge is 0.508 e. The Kier molecular flexibility index (Phi) is 6.03. The standard InChI is InChI=1S/C20H18BrN3O3/c1-27-18-7-5-13(9-17(18)21)6-8-19(26)24-15-11-22-20(23-12-15)14-3-2-4-16(25)10-14/h2-5,7,9-12,25H,6,8H2,1H3,(H,24,26). The monoisotopic (exact) mass is 427 g/mol. The maximum atomic E-state index is 12.2. The first-order chi connectivity index (χ1) is 13.0. The Morgan fingerprint density at radius 2 is 1.96 bits per heavy atom. The van der Waals surface area contributed by atoms with Gasteiger partial charge in [0.1, 0.15) is 11.5 Å². The van der Waals surface area contributed by atoms with E-state index in [0.29, 0.717) is 29.9 Å². The highest BCUT2D eigenvalue weighted by Gasteiger charge is 2.07. The molecule has 1 aromatic heterocycles. The third-order valence-electron chi connectivity index (χ3n) is 3.90. The number of phenols is 1. The van der Waals surface area contributed by atoms with E-state index < -0.39 is 0 Å². The molecule has 0 radical (unpaired) electrons. The van der Waals surface area contributed by atoms with Crippen LogP contribution in [0.1, 0.15) is 12.0 Å². The number of anilines is 1. The molecular formula is C20H18BrN3O3. The van der Waals surface area contributed by atoms with E-state index in [0.717, 1.165) is 15.8 Å². The Morgan fingerprint density at radius 1 is 1.19 bits per heavy atom. The fraction of sp³-hybridized carbons (Fsp3) is 0.150. The number of carbonyl (C=O) groups is 1. The smallest absolute Gasteiger partial charge is 0.224 e. The molecule has 0 aliphatic rings. The van der Waals surface area contributed by atoms with E-state index >= 15 is 0 Å². The topological polar surface area (TPSA) is 84.3 Å². The predicted molar refractivity (Wildman–Crippen MR) is 107 cm³/mol. The minimum atomic E-state index is -0.115. The molecule has 0 atom stereocenters. The Balaban J connectivity index is 1.57. The Hall–Kier alpha value is -2.93. The molecule has 1 heterocycles. The number of aromatic hydroxyl groups is 1. The molecule has 27 heavy (non-hydrogen) atoms. The normalized spacial score (nSPS) is 10.4. The van der Waals surface area contributed by atoms with E-state index in [9.17, 15) is 9.90 Å². The third-order valence-corrected chi connectivity index (χ3v) is 4.52. The molecule has 2 aromatic carbocycles. The summed E-state index contributed by atoms with van der Waals surface area (Å²) in [7, 11) is 1.61. The lowest BCUT2D eigenvalue weighted by molar-refractivity contribution is -0.116. The summed E-state index contributed by atoms with van der Waals surface area (Å²) in [5, 5.41) is 12.3. The maximum absolute atomic E-state index is 12.2. The SMILES string of the molecule is COc1ccc(CCC(=O)Nc2cnc(-c3cccc(O)c3)nc2)cc1Br. The minimum Gasteiger partial charge on any atom is -0.508 e. The number of hydrogen-bond acceptors (Lipinski definition) is 5. The lowest BCUT2D eigenvalue weighted by atomic mass is 10.1. The zero-order valence-electron chi connectivity index (χ0n) is 14.6. The number of halogens is 1. The molecule has 1 amide bonds. The van der Waals surface area contributed by atoms with Crippen molar-refractivity contribution < 1.29 is 14.6 Å². The van der Waals surface area contributed by atoms with Crippen LogP contribution in [0.3, 0.4) is 0 Å². The summed E-state index contributed by atoms with van der Waals surface area (Å²) in [4.78, 5) is 20.6. The summed E-state index contributed by atoms with van der Waals surface area (Å²) in [5.41, 5.74) is 2.27. The number of nitrogens with one attached hydrogen (secondary N) is 1. The Morgan fingerprint density at radius 3 is 2.63 bits per heavy atom. The second kappa shape index (κ2) is 8.64. The van der Waals surface area contributed by atoms with Crippen molar-refractivity contribution in [3.8, 4) is 22.9 Å². The van der Waals surface area contributed by atoms with Crippen molar-refractivity contribution in [1.82, 2.24) is 9.97 Å². The number of ether oxygens (including phenoxy) is 1. The number of nitrogens with zero attached hydrogens (tertiary/aromatic N) is 2. The van der Waals surface area contributed by atoms with E-state index in [1.807, 2.05) is 18.2 Å². The molecule has 138 valence electrons. The number of amides is 1. The lowest BCUT2D eigenvalue weighted by Crippen LogP contribution is -2.12. The first-order valence-electron chi connectivity index (χ1n) is 8.29. The van der Waals surface area contributed by atoms with Crippen LogP contribution in [0.5, 0.6) is 11.5 Å². The van der Waals surface area contributed by atoms with E-state index in [1.54, 1.807) is 43.8 Å². The number of aromatic nitrogens is 2. The average Bonchev–Trinajstić information content (AvgIpc) is 2.67. The molecule has 0 unspecified atom stereocenters. The Bertz CT molecular complexity index is 945. The van der Waals surface area contributed by atoms with Crippen LogP contribution in [-0.2, 0) is 11.2 Å². The zero-order valence-corrected chi connectivity index (χ0v) is 16.2. The summed E-state index contributed by atoms with van der Waals surface area (Å²) in [6.45, 7) is 0. The molecule has 0 aliphatic carbocycles. The third kappa shape index (κ3) is 5.04. The average molecular weight is 428 g/mol. The van der Waals surface area contributed by atoms with Gasteiger partial charge < -0.3 is 15.2 Å². The van der Waals surface area contributed by atoms with Gasteiger partial charge in [0, 0.05) is 12.0 Å². The van der Waals surface area contributed by atoms with E-state index in [1.165, 1.54) is 0 Å². The van der Waals surface area contributed by atoms with Gasteiger partial charge in [-0.05, 0) is 52.2 Å². The highest BCUT2D eigenvalue weighted by atomic mass is 79.9. The fourth-order valence-corrected chi connectivity index (χ4v) is 3.12. The molecule has 0 saturated heterocycles. The van der Waals surface area contributed by atoms with Gasteiger partial charge in [-0.15, -0.1) is 0 Å². The van der Waals surface area contributed by atoms with E-state index in [-0.39, 0.29) is 11.7 Å². The fourth-order valence-electron chi connectivity index (χ4n) is 2.53. The summed E-state index contributed by atoms with van der Waals surface area (Å²) < 4.78 is 6.06. The molecule has 0 bridgehead atoms. The summed E-state index contributed by atoms with van der Waals surface area (Å²) in [6, 6.07) is 12.4. The van der Waals surface area contributed by atoms with Gasteiger partial charge in [-0.1, -0.05) is 18.2 Å². The van der Waals surface area contributed by atoms with E-state index in [2.05, 4.69) is 31.2 Å². The van der Waals surface area contributed by atoms with E-state index in [4.69, 9.17) is 4.74 Å². The second-order valence-corrected chi connectivity index (χ2v) is 6.72. The van der Waals surface area contributed by atoms with Crippen molar-refractivity contribution in [3.63, 3.8) is 0 Å². The number of carbonyl (C=O) groups excluding carboxylic acids is 1. The number of phenolic OH excluding ortho intramolecular Hbond substituents is 1. The van der Waals surface area contributed by atoms with Crippen molar-refractivity contribution in [2.75, 3.05) is 12.4 Å². The molecule has 3 aromatic rings. The van der Waals surface area contributed by atoms with Gasteiger partial charge in [0.15, 0.2) is 5.82 Å². The number of rotatable bonds is 6. The number of aryl methyl sites for hydroxylation is 1. The van der Waals surface area contributed by atoms with Crippen molar-refractivity contribution in [2.24, 2.45) is 0 Å². The van der Waals surface area contributed by atoms with Crippen LogP contribution in [0.25, 0.3) is 11.4 Å². The van der Waals surface area contributed by atoms with Gasteiger partial charge in [0.2, 0.25) is 5.91 Å². The van der Waals surface area contributed by atoms with Crippen molar-refractivity contribution >= 4 is 27.5 Å². The molecular weight excluding hydrogens is 410 g/mol. The molecule has 2 N–H and O–H groups in total. The number of benzene rings is 2. The van der Waals surface area contributed by atoms with Gasteiger partial charge in [0.25, 0.3) is 0 Å². The molecule has 0 aliphatic heterocycles. The summed E-state index contributed by atoms with van der Waals surface area (Å²) in [5.74, 6) is 1.27. The van der Waals surface area contributed by atoms with Gasteiger partial charge >= 0.3 is 0 Å². The summed E-state index contributed by atoms with van der Waals surface area (Å²) >= 11 is 3.44. The van der Waals surface area contributed by atoms with Crippen LogP contribution in [-0.4, -0.2) is 28.1 Å². The van der Waals surface area contributed by atoms with Crippen LogP contribution >= 0.6 is 15.9 Å². The first kappa shape index (κ1) is 18.8. The number of hydrogen-bond donors (Lipinski definition) is 2. The Labute approximate surface area is 165 Å². The lowest BCUT2D eigenvalue weighted by Gasteiger charge is -2.08. The van der Waals surface area contributed by atoms with Gasteiger partial charge in [-0.25, -0.2) is 9.97 Å². The van der Waals surface area contributed by atoms with Crippen LogP contribution in [0, 0.1) is 0 Å². The number of methoxy groups -OCH3 is 1. The molecule has 6 nitrogen and oxygen atoms in total. The van der Waals surface area contributed by atoms with Gasteiger partial charge in [-0.2, -0.15) is 0 Å². The molecule has 3 rings (SSSR count). The second-order valence-electron chi connectivity index (χ2n) is 5.86. The highest BCUT2D eigenvalue weighted by molar-refractivity contribution is 9.10. The molecule has 7 heteroatoms.